The molecule has 1 aromatic heterocycles. The van der Waals surface area contributed by atoms with Gasteiger partial charge in [0, 0.05) is 20.5 Å². The minimum Gasteiger partial charge on any atom is -0.383 e. The van der Waals surface area contributed by atoms with Crippen molar-refractivity contribution in [3.8, 4) is 0 Å². The first-order valence-corrected chi connectivity index (χ1v) is 6.83. The van der Waals surface area contributed by atoms with E-state index in [1.165, 1.54) is 11.3 Å². The van der Waals surface area contributed by atoms with Gasteiger partial charge in [-0.1, -0.05) is 40.9 Å². The first-order chi connectivity index (χ1) is 8.00. The second-order valence-electron chi connectivity index (χ2n) is 3.64. The van der Waals surface area contributed by atoms with Crippen LogP contribution in [0.1, 0.15) is 22.1 Å². The molecule has 1 unspecified atom stereocenters. The van der Waals surface area contributed by atoms with Crippen LogP contribution in [0.4, 0.5) is 0 Å². The lowest BCUT2D eigenvalue weighted by Crippen LogP contribution is -1.99. The van der Waals surface area contributed by atoms with Crippen LogP contribution in [-0.2, 0) is 0 Å². The van der Waals surface area contributed by atoms with Crippen LogP contribution in [0.5, 0.6) is 0 Å². The molecule has 1 heterocycles. The third-order valence-corrected chi connectivity index (χ3v) is 4.69. The number of benzene rings is 1. The molecule has 0 amide bonds. The maximum Gasteiger partial charge on any atom is 0.116 e. The zero-order valence-electron chi connectivity index (χ0n) is 8.88. The van der Waals surface area contributed by atoms with Crippen molar-refractivity contribution >= 4 is 46.1 Å². The number of aliphatic hydroxyl groups excluding tert-OH is 1. The highest BCUT2D eigenvalue weighted by Gasteiger charge is 2.19. The summed E-state index contributed by atoms with van der Waals surface area (Å²) >= 11 is 19.4. The van der Waals surface area contributed by atoms with Crippen molar-refractivity contribution in [2.45, 2.75) is 13.0 Å². The molecule has 0 aliphatic carbocycles. The van der Waals surface area contributed by atoms with Gasteiger partial charge in [0.1, 0.15) is 6.10 Å². The van der Waals surface area contributed by atoms with Crippen molar-refractivity contribution in [2.75, 3.05) is 0 Å². The molecule has 5 heteroatoms. The molecular formula is C12H9Cl3OS. The van der Waals surface area contributed by atoms with Crippen LogP contribution in [0.3, 0.4) is 0 Å². The van der Waals surface area contributed by atoms with E-state index >= 15 is 0 Å². The van der Waals surface area contributed by atoms with Crippen LogP contribution in [0.15, 0.2) is 24.3 Å². The number of hydrogen-bond donors (Lipinski definition) is 1. The molecule has 0 saturated carbocycles. The standard InChI is InChI=1S/C12H9Cl3OS/c1-6-5-9(17-12(6)15)11(16)10-7(13)3-2-4-8(10)14/h2-5,11,16H,1H3. The Balaban J connectivity index is 2.47. The summed E-state index contributed by atoms with van der Waals surface area (Å²) in [7, 11) is 0. The Kier molecular flexibility index (Phi) is 4.01. The molecule has 0 fully saturated rings. The fraction of sp³-hybridized carbons (Fsp3) is 0.167. The fourth-order valence-corrected chi connectivity index (χ4v) is 3.35. The van der Waals surface area contributed by atoms with E-state index in [0.29, 0.717) is 19.9 Å². The Morgan fingerprint density at radius 3 is 2.24 bits per heavy atom. The summed E-state index contributed by atoms with van der Waals surface area (Å²) in [6.07, 6.45) is -0.840. The van der Waals surface area contributed by atoms with Crippen molar-refractivity contribution in [1.29, 1.82) is 0 Å². The van der Waals surface area contributed by atoms with E-state index in [0.717, 1.165) is 10.4 Å². The number of rotatable bonds is 2. The lowest BCUT2D eigenvalue weighted by molar-refractivity contribution is 0.224. The van der Waals surface area contributed by atoms with E-state index in [4.69, 9.17) is 34.8 Å². The molecule has 17 heavy (non-hydrogen) atoms. The largest absolute Gasteiger partial charge is 0.383 e. The van der Waals surface area contributed by atoms with Gasteiger partial charge < -0.3 is 5.11 Å². The lowest BCUT2D eigenvalue weighted by atomic mass is 10.1. The number of aliphatic hydroxyl groups is 1. The van der Waals surface area contributed by atoms with Crippen LogP contribution >= 0.6 is 46.1 Å². The van der Waals surface area contributed by atoms with E-state index in [1.807, 2.05) is 13.0 Å². The smallest absolute Gasteiger partial charge is 0.116 e. The molecule has 0 radical (unpaired) electrons. The third kappa shape index (κ3) is 2.61. The molecule has 1 aromatic carbocycles. The number of hydrogen-bond acceptors (Lipinski definition) is 2. The Morgan fingerprint density at radius 2 is 1.76 bits per heavy atom. The van der Waals surface area contributed by atoms with Crippen LogP contribution in [0.2, 0.25) is 14.4 Å². The van der Waals surface area contributed by atoms with Gasteiger partial charge in [0.15, 0.2) is 0 Å². The van der Waals surface area contributed by atoms with E-state index in [2.05, 4.69) is 0 Å². The lowest BCUT2D eigenvalue weighted by Gasteiger charge is -2.12. The summed E-state index contributed by atoms with van der Waals surface area (Å²) in [6, 6.07) is 6.99. The second-order valence-corrected chi connectivity index (χ2v) is 6.14. The first-order valence-electron chi connectivity index (χ1n) is 4.88. The van der Waals surface area contributed by atoms with Crippen LogP contribution in [0.25, 0.3) is 0 Å². The highest BCUT2D eigenvalue weighted by atomic mass is 35.5. The van der Waals surface area contributed by atoms with E-state index in [9.17, 15) is 5.11 Å². The topological polar surface area (TPSA) is 20.2 Å². The second kappa shape index (κ2) is 5.17. The van der Waals surface area contributed by atoms with Gasteiger partial charge >= 0.3 is 0 Å². The minimum atomic E-state index is -0.840. The van der Waals surface area contributed by atoms with Gasteiger partial charge in [0.25, 0.3) is 0 Å². The highest BCUT2D eigenvalue weighted by molar-refractivity contribution is 7.16. The number of aryl methyl sites for hydroxylation is 1. The average molecular weight is 308 g/mol. The van der Waals surface area contributed by atoms with Crippen molar-refractivity contribution in [1.82, 2.24) is 0 Å². The average Bonchev–Trinajstić information content (AvgIpc) is 2.59. The Bertz CT molecular complexity index is 511. The minimum absolute atomic E-state index is 0.451. The van der Waals surface area contributed by atoms with Gasteiger partial charge in [-0.05, 0) is 30.7 Å². The molecule has 2 aromatic rings. The molecule has 90 valence electrons. The van der Waals surface area contributed by atoms with Crippen molar-refractivity contribution < 1.29 is 5.11 Å². The Morgan fingerprint density at radius 1 is 1.18 bits per heavy atom. The zero-order valence-corrected chi connectivity index (χ0v) is 12.0. The number of halogens is 3. The highest BCUT2D eigenvalue weighted by Crippen LogP contribution is 2.39. The van der Waals surface area contributed by atoms with Gasteiger partial charge in [-0.25, -0.2) is 0 Å². The van der Waals surface area contributed by atoms with Crippen molar-refractivity contribution in [3.05, 3.63) is 54.7 Å². The molecule has 2 rings (SSSR count). The quantitative estimate of drug-likeness (QED) is 0.818. The molecule has 0 bridgehead atoms. The van der Waals surface area contributed by atoms with E-state index < -0.39 is 6.10 Å². The monoisotopic (exact) mass is 306 g/mol. The molecule has 0 spiro atoms. The van der Waals surface area contributed by atoms with Gasteiger partial charge in [-0.15, -0.1) is 11.3 Å². The van der Waals surface area contributed by atoms with E-state index in [-0.39, 0.29) is 0 Å². The summed E-state index contributed by atoms with van der Waals surface area (Å²) in [5, 5.41) is 11.2. The molecule has 0 aliphatic rings. The van der Waals surface area contributed by atoms with Crippen molar-refractivity contribution in [3.63, 3.8) is 0 Å². The molecule has 0 saturated heterocycles. The van der Waals surface area contributed by atoms with Crippen LogP contribution in [-0.4, -0.2) is 5.11 Å². The predicted molar refractivity (Wildman–Crippen MR) is 74.6 cm³/mol. The van der Waals surface area contributed by atoms with Gasteiger partial charge in [-0.2, -0.15) is 0 Å². The summed E-state index contributed by atoms with van der Waals surface area (Å²) in [5.41, 5.74) is 1.46. The van der Waals surface area contributed by atoms with Crippen LogP contribution < -0.4 is 0 Å². The number of thiophene rings is 1. The summed E-state index contributed by atoms with van der Waals surface area (Å²) in [6.45, 7) is 1.89. The fourth-order valence-electron chi connectivity index (χ4n) is 1.53. The van der Waals surface area contributed by atoms with Crippen LogP contribution in [0, 0.1) is 6.92 Å². The molecule has 1 nitrogen and oxygen atoms in total. The van der Waals surface area contributed by atoms with E-state index in [1.54, 1.807) is 18.2 Å². The van der Waals surface area contributed by atoms with Crippen molar-refractivity contribution in [2.24, 2.45) is 0 Å². The zero-order chi connectivity index (χ0) is 12.6. The third-order valence-electron chi connectivity index (χ3n) is 2.42. The SMILES string of the molecule is Cc1cc(C(O)c2c(Cl)cccc2Cl)sc1Cl. The molecule has 1 atom stereocenters. The normalized spacial score (nSPS) is 12.8. The summed E-state index contributed by atoms with van der Waals surface area (Å²) in [4.78, 5) is 0.738. The Labute approximate surface area is 119 Å². The maximum atomic E-state index is 10.3. The summed E-state index contributed by atoms with van der Waals surface area (Å²) in [5.74, 6) is 0. The Hall–Kier alpha value is -0.250. The predicted octanol–water partition coefficient (Wildman–Crippen LogP) is 5.10. The van der Waals surface area contributed by atoms with Gasteiger partial charge in [-0.3, -0.25) is 0 Å². The van der Waals surface area contributed by atoms with Gasteiger partial charge in [0.2, 0.25) is 0 Å². The maximum absolute atomic E-state index is 10.3. The molecular weight excluding hydrogens is 299 g/mol. The molecule has 1 N–H and O–H groups in total. The summed E-state index contributed by atoms with van der Waals surface area (Å²) < 4.78 is 0.669. The first kappa shape index (κ1) is 13.2. The van der Waals surface area contributed by atoms with Gasteiger partial charge in [0.05, 0.1) is 4.34 Å². The molecule has 0 aliphatic heterocycles.